The van der Waals surface area contributed by atoms with Crippen molar-refractivity contribution in [2.45, 2.75) is 33.3 Å². The van der Waals surface area contributed by atoms with Gasteiger partial charge in [0.15, 0.2) is 5.65 Å². The lowest BCUT2D eigenvalue weighted by Gasteiger charge is -2.16. The summed E-state index contributed by atoms with van der Waals surface area (Å²) in [5, 5.41) is 2.91. The Kier molecular flexibility index (Phi) is 3.64. The van der Waals surface area contributed by atoms with Gasteiger partial charge in [0.25, 0.3) is 0 Å². The number of anilines is 1. The molecule has 0 amide bonds. The summed E-state index contributed by atoms with van der Waals surface area (Å²) in [6.07, 6.45) is 2.68. The number of rotatable bonds is 5. The molecule has 2 rings (SSSR count). The number of imidazole rings is 1. The molecule has 18 heavy (non-hydrogen) atoms. The third kappa shape index (κ3) is 2.69. The van der Waals surface area contributed by atoms with Crippen molar-refractivity contribution in [3.8, 4) is 5.88 Å². The largest absolute Gasteiger partial charge is 0.473 e. The molecule has 2 aromatic rings. The van der Waals surface area contributed by atoms with E-state index in [2.05, 4.69) is 39.1 Å². The molecule has 6 nitrogen and oxygen atoms in total. The quantitative estimate of drug-likeness (QED) is 0.849. The predicted octanol–water partition coefficient (Wildman–Crippen LogP) is 2.21. The number of hydrogen-bond acceptors (Lipinski definition) is 5. The van der Waals surface area contributed by atoms with Crippen molar-refractivity contribution in [3.05, 3.63) is 6.33 Å². The summed E-state index contributed by atoms with van der Waals surface area (Å²) >= 11 is 0. The van der Waals surface area contributed by atoms with E-state index < -0.39 is 0 Å². The van der Waals surface area contributed by atoms with Crippen LogP contribution in [0.1, 0.15) is 27.2 Å². The summed E-state index contributed by atoms with van der Waals surface area (Å²) in [6, 6.07) is 0. The zero-order valence-electron chi connectivity index (χ0n) is 11.2. The number of fused-ring (bicyclic) bond motifs is 1. The van der Waals surface area contributed by atoms with Crippen molar-refractivity contribution >= 4 is 17.1 Å². The Bertz CT molecular complexity index is 522. The van der Waals surface area contributed by atoms with Crippen LogP contribution in [0.25, 0.3) is 11.2 Å². The number of aromatic nitrogens is 4. The number of ether oxygens (including phenoxy) is 1. The highest BCUT2D eigenvalue weighted by atomic mass is 16.5. The van der Waals surface area contributed by atoms with E-state index in [4.69, 9.17) is 4.74 Å². The molecule has 6 heteroatoms. The highest BCUT2D eigenvalue weighted by molar-refractivity contribution is 5.76. The Morgan fingerprint density at radius 3 is 2.78 bits per heavy atom. The van der Waals surface area contributed by atoms with Crippen molar-refractivity contribution in [3.63, 3.8) is 0 Å². The molecule has 0 saturated heterocycles. The highest BCUT2D eigenvalue weighted by Crippen LogP contribution is 2.23. The Balaban J connectivity index is 2.28. The molecule has 0 aliphatic heterocycles. The first-order valence-electron chi connectivity index (χ1n) is 6.15. The normalized spacial score (nSPS) is 12.9. The van der Waals surface area contributed by atoms with Crippen molar-refractivity contribution in [1.29, 1.82) is 0 Å². The van der Waals surface area contributed by atoms with E-state index in [0.29, 0.717) is 23.4 Å². The maximum Gasteiger partial charge on any atom is 0.245 e. The zero-order chi connectivity index (χ0) is 13.1. The average molecular weight is 249 g/mol. The number of nitrogens with one attached hydrogen (secondary N) is 2. The number of nitrogens with zero attached hydrogens (tertiary/aromatic N) is 3. The van der Waals surface area contributed by atoms with Crippen LogP contribution in [0.3, 0.4) is 0 Å². The van der Waals surface area contributed by atoms with Gasteiger partial charge >= 0.3 is 0 Å². The van der Waals surface area contributed by atoms with Gasteiger partial charge in [-0.3, -0.25) is 0 Å². The summed E-state index contributed by atoms with van der Waals surface area (Å²) in [4.78, 5) is 15.7. The van der Waals surface area contributed by atoms with Crippen molar-refractivity contribution in [2.24, 2.45) is 5.92 Å². The molecule has 0 spiro atoms. The van der Waals surface area contributed by atoms with Crippen LogP contribution >= 0.6 is 0 Å². The highest BCUT2D eigenvalue weighted by Gasteiger charge is 2.14. The molecule has 0 saturated carbocycles. The van der Waals surface area contributed by atoms with Crippen molar-refractivity contribution in [2.75, 3.05) is 12.4 Å². The van der Waals surface area contributed by atoms with Gasteiger partial charge in [-0.1, -0.05) is 13.8 Å². The number of hydrogen-bond donors (Lipinski definition) is 2. The van der Waals surface area contributed by atoms with Crippen LogP contribution < -0.4 is 10.1 Å². The van der Waals surface area contributed by atoms with Gasteiger partial charge in [-0.15, -0.1) is 0 Å². The first kappa shape index (κ1) is 12.6. The van der Waals surface area contributed by atoms with Crippen molar-refractivity contribution in [1.82, 2.24) is 19.9 Å². The summed E-state index contributed by atoms with van der Waals surface area (Å²) < 4.78 is 5.88. The lowest BCUT2D eigenvalue weighted by Crippen LogP contribution is -2.16. The van der Waals surface area contributed by atoms with Gasteiger partial charge < -0.3 is 15.0 Å². The van der Waals surface area contributed by atoms with Crippen LogP contribution in [0.2, 0.25) is 0 Å². The summed E-state index contributed by atoms with van der Waals surface area (Å²) in [7, 11) is 1.77. The number of aromatic amines is 1. The molecule has 2 aromatic heterocycles. The van der Waals surface area contributed by atoms with E-state index in [-0.39, 0.29) is 6.10 Å². The minimum atomic E-state index is 0.108. The van der Waals surface area contributed by atoms with Gasteiger partial charge in [0.1, 0.15) is 5.52 Å². The average Bonchev–Trinajstić information content (AvgIpc) is 2.75. The minimum absolute atomic E-state index is 0.108. The third-order valence-corrected chi connectivity index (χ3v) is 2.59. The van der Waals surface area contributed by atoms with E-state index in [1.165, 1.54) is 0 Å². The second kappa shape index (κ2) is 5.20. The Hall–Kier alpha value is -1.85. The lowest BCUT2D eigenvalue weighted by molar-refractivity contribution is 0.188. The van der Waals surface area contributed by atoms with Crippen LogP contribution in [-0.4, -0.2) is 33.1 Å². The number of H-pyrrole nitrogens is 1. The second-order valence-electron chi connectivity index (χ2n) is 4.76. The molecular weight excluding hydrogens is 230 g/mol. The smallest absolute Gasteiger partial charge is 0.245 e. The maximum absolute atomic E-state index is 5.88. The van der Waals surface area contributed by atoms with Crippen molar-refractivity contribution < 1.29 is 4.74 Å². The molecule has 1 atom stereocenters. The molecule has 0 aromatic carbocycles. The van der Waals surface area contributed by atoms with Gasteiger partial charge in [-0.25, -0.2) is 4.98 Å². The molecule has 0 aliphatic rings. The van der Waals surface area contributed by atoms with E-state index in [9.17, 15) is 0 Å². The molecule has 2 N–H and O–H groups in total. The Morgan fingerprint density at radius 1 is 1.33 bits per heavy atom. The molecule has 2 heterocycles. The van der Waals surface area contributed by atoms with E-state index in [0.717, 1.165) is 11.9 Å². The van der Waals surface area contributed by atoms with Gasteiger partial charge in [0.2, 0.25) is 11.8 Å². The first-order valence-corrected chi connectivity index (χ1v) is 6.15. The molecule has 0 radical (unpaired) electrons. The molecule has 1 unspecified atom stereocenters. The van der Waals surface area contributed by atoms with Crippen LogP contribution in [0.15, 0.2) is 6.33 Å². The third-order valence-electron chi connectivity index (χ3n) is 2.59. The van der Waals surface area contributed by atoms with Gasteiger partial charge in [-0.2, -0.15) is 9.97 Å². The fraction of sp³-hybridized carbons (Fsp3) is 0.583. The fourth-order valence-electron chi connectivity index (χ4n) is 1.91. The van der Waals surface area contributed by atoms with E-state index in [1.54, 1.807) is 13.4 Å². The second-order valence-corrected chi connectivity index (χ2v) is 4.76. The topological polar surface area (TPSA) is 75.7 Å². The van der Waals surface area contributed by atoms with Crippen LogP contribution in [0, 0.1) is 5.92 Å². The van der Waals surface area contributed by atoms with Gasteiger partial charge in [0, 0.05) is 7.05 Å². The van der Waals surface area contributed by atoms with E-state index in [1.807, 2.05) is 6.92 Å². The minimum Gasteiger partial charge on any atom is -0.473 e. The lowest BCUT2D eigenvalue weighted by atomic mass is 10.1. The van der Waals surface area contributed by atoms with Gasteiger partial charge in [-0.05, 0) is 19.3 Å². The van der Waals surface area contributed by atoms with Crippen LogP contribution in [-0.2, 0) is 0 Å². The summed E-state index contributed by atoms with van der Waals surface area (Å²) in [6.45, 7) is 6.39. The summed E-state index contributed by atoms with van der Waals surface area (Å²) in [5.41, 5.74) is 1.35. The van der Waals surface area contributed by atoms with Gasteiger partial charge in [0.05, 0.1) is 12.4 Å². The summed E-state index contributed by atoms with van der Waals surface area (Å²) in [5.74, 6) is 1.65. The van der Waals surface area contributed by atoms with Crippen LogP contribution in [0.4, 0.5) is 5.95 Å². The predicted molar refractivity (Wildman–Crippen MR) is 70.8 cm³/mol. The van der Waals surface area contributed by atoms with Crippen LogP contribution in [0.5, 0.6) is 5.88 Å². The SMILES string of the molecule is CNc1nc(OC(C)CC(C)C)c2[nH]cnc2n1. The fourth-order valence-corrected chi connectivity index (χ4v) is 1.91. The molecular formula is C12H19N5O. The monoisotopic (exact) mass is 249 g/mol. The Labute approximate surface area is 106 Å². The first-order chi connectivity index (χ1) is 8.60. The zero-order valence-corrected chi connectivity index (χ0v) is 11.2. The molecule has 0 fully saturated rings. The van der Waals surface area contributed by atoms with E-state index >= 15 is 0 Å². The molecule has 98 valence electrons. The molecule has 0 aliphatic carbocycles. The maximum atomic E-state index is 5.88. The Morgan fingerprint density at radius 2 is 2.11 bits per heavy atom. The standard InChI is InChI=1S/C12H19N5O/c1-7(2)5-8(3)18-11-9-10(15-6-14-9)16-12(13-4)17-11/h6-8H,5H2,1-4H3,(H2,13,14,15,16,17). The molecule has 0 bridgehead atoms.